The summed E-state index contributed by atoms with van der Waals surface area (Å²) in [5.74, 6) is -0.986. The largest absolute Gasteiger partial charge is 0.481 e. The third kappa shape index (κ3) is 3.46. The van der Waals surface area contributed by atoms with E-state index in [-0.39, 0.29) is 12.3 Å². The van der Waals surface area contributed by atoms with Crippen molar-refractivity contribution in [3.63, 3.8) is 0 Å². The maximum absolute atomic E-state index is 11.7. The minimum atomic E-state index is -1.05. The Balaban J connectivity index is 2.41. The summed E-state index contributed by atoms with van der Waals surface area (Å²) in [6.07, 6.45) is 0.573. The van der Waals surface area contributed by atoms with Gasteiger partial charge in [0, 0.05) is 26.1 Å². The van der Waals surface area contributed by atoms with Gasteiger partial charge in [0.2, 0.25) is 5.91 Å². The molecule has 1 aliphatic heterocycles. The van der Waals surface area contributed by atoms with Crippen molar-refractivity contribution >= 4 is 11.9 Å². The Hall–Kier alpha value is -1.14. The Bertz CT molecular complexity index is 270. The molecule has 1 amide bonds. The van der Waals surface area contributed by atoms with Gasteiger partial charge in [-0.25, -0.2) is 0 Å². The second-order valence-corrected chi connectivity index (χ2v) is 4.10. The molecule has 6 heteroatoms. The van der Waals surface area contributed by atoms with Gasteiger partial charge in [-0.2, -0.15) is 0 Å². The van der Waals surface area contributed by atoms with E-state index in [0.29, 0.717) is 25.6 Å². The normalized spacial score (nSPS) is 22.1. The number of carboxylic acid groups (broad SMARTS) is 1. The van der Waals surface area contributed by atoms with Gasteiger partial charge in [-0.1, -0.05) is 0 Å². The Morgan fingerprint density at radius 1 is 1.62 bits per heavy atom. The molecule has 3 N–H and O–H groups in total. The molecule has 0 aromatic carbocycles. The molecule has 0 bridgehead atoms. The van der Waals surface area contributed by atoms with E-state index < -0.39 is 12.0 Å². The van der Waals surface area contributed by atoms with Crippen LogP contribution in [0.25, 0.3) is 0 Å². The van der Waals surface area contributed by atoms with Crippen molar-refractivity contribution in [2.75, 3.05) is 26.8 Å². The number of carbonyl (C=O) groups excluding carboxylic acids is 1. The smallest absolute Gasteiger partial charge is 0.305 e. The Morgan fingerprint density at radius 3 is 2.88 bits per heavy atom. The molecule has 6 nitrogen and oxygen atoms in total. The second-order valence-electron chi connectivity index (χ2n) is 4.10. The fourth-order valence-electron chi connectivity index (χ4n) is 1.91. The zero-order chi connectivity index (χ0) is 12.1. The number of carboxylic acids is 1. The van der Waals surface area contributed by atoms with Crippen LogP contribution in [0.3, 0.4) is 0 Å². The lowest BCUT2D eigenvalue weighted by Crippen LogP contribution is -2.43. The highest BCUT2D eigenvalue weighted by atomic mass is 16.5. The number of hydrogen-bond acceptors (Lipinski definition) is 4. The van der Waals surface area contributed by atoms with Gasteiger partial charge in [0.1, 0.15) is 0 Å². The number of amides is 1. The summed E-state index contributed by atoms with van der Waals surface area (Å²) in [5, 5.41) is 8.54. The highest BCUT2D eigenvalue weighted by molar-refractivity contribution is 5.86. The van der Waals surface area contributed by atoms with Crippen molar-refractivity contribution in [2.24, 2.45) is 11.7 Å². The van der Waals surface area contributed by atoms with Crippen LogP contribution in [0, 0.1) is 5.92 Å². The van der Waals surface area contributed by atoms with Crippen LogP contribution < -0.4 is 5.73 Å². The van der Waals surface area contributed by atoms with Gasteiger partial charge in [-0.3, -0.25) is 9.59 Å². The molecule has 0 aromatic rings. The van der Waals surface area contributed by atoms with Crippen molar-refractivity contribution in [1.82, 2.24) is 4.90 Å². The lowest BCUT2D eigenvalue weighted by molar-refractivity contribution is -0.141. The van der Waals surface area contributed by atoms with E-state index in [2.05, 4.69) is 0 Å². The summed E-state index contributed by atoms with van der Waals surface area (Å²) in [4.78, 5) is 23.8. The molecule has 1 fully saturated rings. The highest BCUT2D eigenvalue weighted by Crippen LogP contribution is 2.17. The predicted octanol–water partition coefficient (Wildman–Crippen LogP) is -0.717. The van der Waals surface area contributed by atoms with Crippen LogP contribution in [-0.2, 0) is 14.3 Å². The summed E-state index contributed by atoms with van der Waals surface area (Å²) < 4.78 is 5.02. The summed E-state index contributed by atoms with van der Waals surface area (Å²) >= 11 is 0. The highest BCUT2D eigenvalue weighted by Gasteiger charge is 2.29. The zero-order valence-corrected chi connectivity index (χ0v) is 9.39. The zero-order valence-electron chi connectivity index (χ0n) is 9.39. The van der Waals surface area contributed by atoms with E-state index >= 15 is 0 Å². The van der Waals surface area contributed by atoms with E-state index in [1.54, 1.807) is 12.0 Å². The van der Waals surface area contributed by atoms with Crippen LogP contribution in [0.15, 0.2) is 0 Å². The standard InChI is InChI=1S/C10H18N2O4/c1-16-6-7-2-3-12(5-7)10(15)8(11)4-9(13)14/h7-8H,2-6,11H2,1H3,(H,13,14). The third-order valence-electron chi connectivity index (χ3n) is 2.71. The summed E-state index contributed by atoms with van der Waals surface area (Å²) in [7, 11) is 1.63. The maximum Gasteiger partial charge on any atom is 0.305 e. The van der Waals surface area contributed by atoms with E-state index in [9.17, 15) is 9.59 Å². The number of nitrogens with zero attached hydrogens (tertiary/aromatic N) is 1. The first-order valence-electron chi connectivity index (χ1n) is 5.29. The van der Waals surface area contributed by atoms with Crippen LogP contribution >= 0.6 is 0 Å². The molecule has 0 radical (unpaired) electrons. The molecule has 0 aromatic heterocycles. The first-order chi connectivity index (χ1) is 7.54. The van der Waals surface area contributed by atoms with Crippen molar-refractivity contribution in [1.29, 1.82) is 0 Å². The van der Waals surface area contributed by atoms with Gasteiger partial charge in [0.25, 0.3) is 0 Å². The average Bonchev–Trinajstić information content (AvgIpc) is 2.64. The molecule has 1 aliphatic rings. The second kappa shape index (κ2) is 5.81. The Morgan fingerprint density at radius 2 is 2.31 bits per heavy atom. The molecule has 1 heterocycles. The van der Waals surface area contributed by atoms with E-state index in [1.807, 2.05) is 0 Å². The van der Waals surface area contributed by atoms with Crippen LogP contribution in [0.4, 0.5) is 0 Å². The number of ether oxygens (including phenoxy) is 1. The molecular weight excluding hydrogens is 212 g/mol. The number of methoxy groups -OCH3 is 1. The van der Waals surface area contributed by atoms with E-state index in [1.165, 1.54) is 0 Å². The van der Waals surface area contributed by atoms with Crippen LogP contribution in [0.5, 0.6) is 0 Å². The lowest BCUT2D eigenvalue weighted by Gasteiger charge is -2.19. The van der Waals surface area contributed by atoms with E-state index in [0.717, 1.165) is 6.42 Å². The number of nitrogens with two attached hydrogens (primary N) is 1. The molecule has 0 saturated carbocycles. The van der Waals surface area contributed by atoms with E-state index in [4.69, 9.17) is 15.6 Å². The number of carbonyl (C=O) groups is 2. The quantitative estimate of drug-likeness (QED) is 0.650. The van der Waals surface area contributed by atoms with Crippen molar-refractivity contribution in [3.05, 3.63) is 0 Å². The molecule has 16 heavy (non-hydrogen) atoms. The fourth-order valence-corrected chi connectivity index (χ4v) is 1.91. The summed E-state index contributed by atoms with van der Waals surface area (Å²) in [6.45, 7) is 1.87. The summed E-state index contributed by atoms with van der Waals surface area (Å²) in [6, 6.07) is -0.932. The number of likely N-dealkylation sites (tertiary alicyclic amines) is 1. The van der Waals surface area contributed by atoms with Crippen LogP contribution in [0.2, 0.25) is 0 Å². The molecule has 0 aliphatic carbocycles. The van der Waals surface area contributed by atoms with Crippen molar-refractivity contribution < 1.29 is 19.4 Å². The van der Waals surface area contributed by atoms with Gasteiger partial charge in [0.05, 0.1) is 19.1 Å². The van der Waals surface area contributed by atoms with Crippen molar-refractivity contribution in [3.8, 4) is 0 Å². The monoisotopic (exact) mass is 230 g/mol. The minimum Gasteiger partial charge on any atom is -0.481 e. The van der Waals surface area contributed by atoms with Crippen molar-refractivity contribution in [2.45, 2.75) is 18.9 Å². The molecule has 1 rings (SSSR count). The number of hydrogen-bond donors (Lipinski definition) is 2. The number of rotatable bonds is 5. The van der Waals surface area contributed by atoms with Gasteiger partial charge in [-0.15, -0.1) is 0 Å². The molecule has 2 unspecified atom stereocenters. The molecule has 0 spiro atoms. The first kappa shape index (κ1) is 12.9. The van der Waals surface area contributed by atoms with Crippen LogP contribution in [0.1, 0.15) is 12.8 Å². The lowest BCUT2D eigenvalue weighted by atomic mass is 10.1. The van der Waals surface area contributed by atoms with Crippen LogP contribution in [-0.4, -0.2) is 54.7 Å². The van der Waals surface area contributed by atoms with Gasteiger partial charge in [0.15, 0.2) is 0 Å². The average molecular weight is 230 g/mol. The van der Waals surface area contributed by atoms with Gasteiger partial charge >= 0.3 is 5.97 Å². The van der Waals surface area contributed by atoms with Gasteiger partial charge < -0.3 is 20.5 Å². The molecular formula is C10H18N2O4. The SMILES string of the molecule is COCC1CCN(C(=O)C(N)CC(=O)O)C1. The topological polar surface area (TPSA) is 92.9 Å². The minimum absolute atomic E-state index is 0.277. The Labute approximate surface area is 94.3 Å². The summed E-state index contributed by atoms with van der Waals surface area (Å²) in [5.41, 5.74) is 5.51. The molecule has 2 atom stereocenters. The maximum atomic E-state index is 11.7. The third-order valence-corrected chi connectivity index (χ3v) is 2.71. The Kier molecular flexibility index (Phi) is 4.70. The number of aliphatic carboxylic acids is 1. The molecule has 92 valence electrons. The fraction of sp³-hybridized carbons (Fsp3) is 0.800. The predicted molar refractivity (Wildman–Crippen MR) is 56.8 cm³/mol. The first-order valence-corrected chi connectivity index (χ1v) is 5.29. The van der Waals surface area contributed by atoms with Gasteiger partial charge in [-0.05, 0) is 6.42 Å². The molecule has 1 saturated heterocycles.